The Bertz CT molecular complexity index is 795. The van der Waals surface area contributed by atoms with Crippen LogP contribution in [0.3, 0.4) is 0 Å². The average molecular weight is 409 g/mol. The monoisotopic (exact) mass is 408 g/mol. The van der Waals surface area contributed by atoms with Gasteiger partial charge in [0.25, 0.3) is 5.56 Å². The maximum Gasteiger partial charge on any atom is 0.416 e. The molecule has 23 heavy (non-hydrogen) atoms. The second-order valence-electron chi connectivity index (χ2n) is 4.60. The molecule has 0 aliphatic carbocycles. The lowest BCUT2D eigenvalue weighted by atomic mass is 10.2. The molecule has 1 aromatic heterocycles. The van der Waals surface area contributed by atoms with Gasteiger partial charge in [0, 0.05) is 12.8 Å². The molecule has 0 spiro atoms. The van der Waals surface area contributed by atoms with Crippen molar-refractivity contribution in [3.63, 3.8) is 0 Å². The zero-order chi connectivity index (χ0) is 17.4. The van der Waals surface area contributed by atoms with Gasteiger partial charge >= 0.3 is 6.18 Å². The molecule has 0 bridgehead atoms. The van der Waals surface area contributed by atoms with Crippen LogP contribution in [0.15, 0.2) is 33.5 Å². The van der Waals surface area contributed by atoms with Crippen molar-refractivity contribution in [2.24, 2.45) is 12.8 Å². The lowest BCUT2D eigenvalue weighted by Crippen LogP contribution is -2.20. The molecule has 0 fully saturated rings. The molecule has 3 N–H and O–H groups in total. The number of hydrogen-bond donors (Lipinski definition) is 2. The van der Waals surface area contributed by atoms with E-state index in [4.69, 9.17) is 11.1 Å². The Kier molecular flexibility index (Phi) is 4.95. The summed E-state index contributed by atoms with van der Waals surface area (Å²) in [6.45, 7) is 0. The fourth-order valence-corrected chi connectivity index (χ4v) is 3.37. The molecular weight excluding hydrogens is 397 g/mol. The molecule has 1 aromatic carbocycles. The van der Waals surface area contributed by atoms with Crippen LogP contribution >= 0.6 is 27.7 Å². The van der Waals surface area contributed by atoms with Crippen molar-refractivity contribution in [2.45, 2.75) is 11.9 Å². The highest BCUT2D eigenvalue weighted by Gasteiger charge is 2.30. The first-order chi connectivity index (χ1) is 10.6. The Balaban J connectivity index is 2.46. The second-order valence-corrected chi connectivity index (χ2v) is 6.41. The second kappa shape index (κ2) is 6.44. The van der Waals surface area contributed by atoms with Crippen LogP contribution in [0, 0.1) is 5.41 Å². The molecule has 0 amide bonds. The van der Waals surface area contributed by atoms with E-state index in [0.29, 0.717) is 11.4 Å². The van der Waals surface area contributed by atoms with E-state index < -0.39 is 17.3 Å². The molecule has 2 aromatic rings. The highest BCUT2D eigenvalue weighted by Crippen LogP contribution is 2.29. The van der Waals surface area contributed by atoms with E-state index in [0.717, 1.165) is 23.9 Å². The minimum absolute atomic E-state index is 0.0911. The Morgan fingerprint density at radius 3 is 2.39 bits per heavy atom. The highest BCUT2D eigenvalue weighted by molar-refractivity contribution is 9.10. The van der Waals surface area contributed by atoms with E-state index in [1.807, 2.05) is 0 Å². The van der Waals surface area contributed by atoms with Gasteiger partial charge in [-0.1, -0.05) is 11.8 Å². The number of thioether (sulfide) groups is 1. The van der Waals surface area contributed by atoms with Crippen molar-refractivity contribution in [2.75, 3.05) is 0 Å². The molecule has 124 valence electrons. The normalized spacial score (nSPS) is 11.7. The lowest BCUT2D eigenvalue weighted by molar-refractivity contribution is -0.137. The third-order valence-corrected chi connectivity index (χ3v) is 4.65. The third-order valence-electron chi connectivity index (χ3n) is 3.13. The van der Waals surface area contributed by atoms with Crippen molar-refractivity contribution in [3.05, 3.63) is 50.3 Å². The maximum absolute atomic E-state index is 12.6. The quantitative estimate of drug-likeness (QED) is 0.605. The molecule has 0 saturated carbocycles. The summed E-state index contributed by atoms with van der Waals surface area (Å²) in [6.07, 6.45) is -4.43. The fraction of sp³-hybridized carbons (Fsp3) is 0.231. The number of amidine groups is 1. The molecule has 0 atom stereocenters. The number of halogens is 4. The molecule has 1 heterocycles. The number of benzene rings is 1. The van der Waals surface area contributed by atoms with Gasteiger partial charge < -0.3 is 5.73 Å². The minimum Gasteiger partial charge on any atom is -0.379 e. The Morgan fingerprint density at radius 2 is 1.91 bits per heavy atom. The summed E-state index contributed by atoms with van der Waals surface area (Å²) in [6, 6.07) is 4.32. The summed E-state index contributed by atoms with van der Waals surface area (Å²) >= 11 is 4.23. The highest BCUT2D eigenvalue weighted by atomic mass is 79.9. The van der Waals surface area contributed by atoms with E-state index in [1.165, 1.54) is 21.5 Å². The third kappa shape index (κ3) is 3.63. The molecule has 0 radical (unpaired) electrons. The van der Waals surface area contributed by atoms with Crippen LogP contribution in [-0.4, -0.2) is 14.5 Å². The van der Waals surface area contributed by atoms with Crippen molar-refractivity contribution in [1.82, 2.24) is 9.36 Å². The molecule has 2 rings (SSSR count). The number of alkyl halides is 3. The molecule has 0 unspecified atom stereocenters. The zero-order valence-corrected chi connectivity index (χ0v) is 14.2. The standard InChI is InChI=1S/C13H12BrF3N4OS/c1-20-9(6-23-12(18)19)10(14)11(22)21(20)8-4-2-7(3-5-8)13(15,16)17/h2-5H,6H2,1H3,(H3,18,19). The predicted octanol–water partition coefficient (Wildman–Crippen LogP) is 3.08. The van der Waals surface area contributed by atoms with Gasteiger partial charge in [-0.15, -0.1) is 0 Å². The zero-order valence-electron chi connectivity index (χ0n) is 11.8. The van der Waals surface area contributed by atoms with Crippen LogP contribution in [-0.2, 0) is 19.0 Å². The largest absolute Gasteiger partial charge is 0.416 e. The number of aromatic nitrogens is 2. The van der Waals surface area contributed by atoms with Gasteiger partial charge in [0.1, 0.15) is 4.47 Å². The molecular formula is C13H12BrF3N4OS. The summed E-state index contributed by atoms with van der Waals surface area (Å²) < 4.78 is 40.9. The van der Waals surface area contributed by atoms with E-state index in [1.54, 1.807) is 7.05 Å². The van der Waals surface area contributed by atoms with Gasteiger partial charge in [-0.2, -0.15) is 13.2 Å². The summed E-state index contributed by atoms with van der Waals surface area (Å²) in [5, 5.41) is 7.12. The smallest absolute Gasteiger partial charge is 0.379 e. The Morgan fingerprint density at radius 1 is 1.35 bits per heavy atom. The Hall–Kier alpha value is -1.68. The SMILES string of the molecule is Cn1c(CSC(=N)N)c(Br)c(=O)n1-c1ccc(C(F)(F)F)cc1. The first-order valence-corrected chi connectivity index (χ1v) is 8.01. The fourth-order valence-electron chi connectivity index (χ4n) is 2.00. The van der Waals surface area contributed by atoms with Gasteiger partial charge in [0.2, 0.25) is 0 Å². The van der Waals surface area contributed by atoms with Gasteiger partial charge in [0.05, 0.1) is 16.9 Å². The molecule has 10 heteroatoms. The minimum atomic E-state index is -4.43. The van der Waals surface area contributed by atoms with Gasteiger partial charge in [-0.05, 0) is 40.2 Å². The maximum atomic E-state index is 12.6. The summed E-state index contributed by atoms with van der Waals surface area (Å²) in [5.74, 6) is 0.287. The first-order valence-electron chi connectivity index (χ1n) is 6.23. The van der Waals surface area contributed by atoms with Crippen LogP contribution in [0.4, 0.5) is 13.2 Å². The number of rotatable bonds is 3. The van der Waals surface area contributed by atoms with Crippen molar-refractivity contribution in [3.8, 4) is 5.69 Å². The molecule has 5 nitrogen and oxygen atoms in total. The summed E-state index contributed by atoms with van der Waals surface area (Å²) in [4.78, 5) is 12.3. The van der Waals surface area contributed by atoms with Crippen LogP contribution in [0.1, 0.15) is 11.3 Å². The topological polar surface area (TPSA) is 76.8 Å². The van der Waals surface area contributed by atoms with E-state index >= 15 is 0 Å². The first kappa shape index (κ1) is 17.7. The summed E-state index contributed by atoms with van der Waals surface area (Å²) in [7, 11) is 1.61. The van der Waals surface area contributed by atoms with Crippen LogP contribution in [0.25, 0.3) is 5.69 Å². The lowest BCUT2D eigenvalue weighted by Gasteiger charge is -2.11. The van der Waals surface area contributed by atoms with Gasteiger partial charge in [-0.25, -0.2) is 4.68 Å². The van der Waals surface area contributed by atoms with Gasteiger partial charge in [-0.3, -0.25) is 14.9 Å². The Labute approximate surface area is 141 Å². The van der Waals surface area contributed by atoms with E-state index in [9.17, 15) is 18.0 Å². The summed E-state index contributed by atoms with van der Waals surface area (Å²) in [5.41, 5.74) is 4.99. The van der Waals surface area contributed by atoms with Crippen molar-refractivity contribution in [1.29, 1.82) is 5.41 Å². The number of nitrogens with one attached hydrogen (secondary N) is 1. The van der Waals surface area contributed by atoms with Gasteiger partial charge in [0.15, 0.2) is 5.17 Å². The van der Waals surface area contributed by atoms with Crippen LogP contribution in [0.5, 0.6) is 0 Å². The van der Waals surface area contributed by atoms with Crippen molar-refractivity contribution < 1.29 is 13.2 Å². The van der Waals surface area contributed by atoms with Crippen molar-refractivity contribution >= 4 is 32.9 Å². The molecule has 0 aliphatic rings. The number of nitrogens with two attached hydrogens (primary N) is 1. The molecule has 0 saturated heterocycles. The number of nitrogens with zero attached hydrogens (tertiary/aromatic N) is 2. The van der Waals surface area contributed by atoms with Crippen LogP contribution < -0.4 is 11.3 Å². The van der Waals surface area contributed by atoms with E-state index in [2.05, 4.69) is 15.9 Å². The predicted molar refractivity (Wildman–Crippen MR) is 86.9 cm³/mol. The average Bonchev–Trinajstić information content (AvgIpc) is 2.66. The van der Waals surface area contributed by atoms with Crippen LogP contribution in [0.2, 0.25) is 0 Å². The molecule has 0 aliphatic heterocycles. The number of hydrogen-bond acceptors (Lipinski definition) is 3. The van der Waals surface area contributed by atoms with E-state index in [-0.39, 0.29) is 15.4 Å².